The molecule has 0 saturated carbocycles. The Morgan fingerprint density at radius 3 is 2.62 bits per heavy atom. The summed E-state index contributed by atoms with van der Waals surface area (Å²) in [5.74, 6) is -0.848. The molecular weight excluding hydrogens is 444 g/mol. The summed E-state index contributed by atoms with van der Waals surface area (Å²) < 4.78 is 40.9. The van der Waals surface area contributed by atoms with E-state index in [1.807, 2.05) is 19.0 Å². The number of hydrogen-bond donors (Lipinski definition) is 2. The summed E-state index contributed by atoms with van der Waals surface area (Å²) in [6.07, 6.45) is 1.56. The smallest absolute Gasteiger partial charge is 0.326 e. The largest absolute Gasteiger partial charge is 0.429 e. The Bertz CT molecular complexity index is 1300. The topological polar surface area (TPSA) is 95.3 Å². The molecule has 0 amide bonds. The Labute approximate surface area is 195 Å². The predicted octanol–water partition coefficient (Wildman–Crippen LogP) is 4.76. The van der Waals surface area contributed by atoms with Gasteiger partial charge in [0.2, 0.25) is 5.75 Å². The zero-order valence-electron chi connectivity index (χ0n) is 19.7. The standard InChI is InChI=1S/C23H27F2N7O2/c1-6-31(4)7-8-32(5)19-11-18(28-22-26-12-14(3)33-22)29-23(30-19)34-21-16(24)10-17-15(20(21)25)9-13(2)27-17/h9-12,27H,6-8H2,1-5H3,(H,26,28,29,30). The van der Waals surface area contributed by atoms with Gasteiger partial charge in [0.05, 0.1) is 11.7 Å². The van der Waals surface area contributed by atoms with Crippen LogP contribution in [0.5, 0.6) is 11.8 Å². The van der Waals surface area contributed by atoms with Crippen LogP contribution >= 0.6 is 0 Å². The Morgan fingerprint density at radius 2 is 1.91 bits per heavy atom. The van der Waals surface area contributed by atoms with Crippen molar-refractivity contribution < 1.29 is 17.9 Å². The normalized spacial score (nSPS) is 11.4. The van der Waals surface area contributed by atoms with Crippen molar-refractivity contribution in [3.8, 4) is 11.8 Å². The van der Waals surface area contributed by atoms with Gasteiger partial charge in [0.1, 0.15) is 17.4 Å². The first kappa shape index (κ1) is 23.4. The molecule has 0 aliphatic rings. The second-order valence-electron chi connectivity index (χ2n) is 8.13. The van der Waals surface area contributed by atoms with Crippen LogP contribution < -0.4 is 15.0 Å². The van der Waals surface area contributed by atoms with Crippen molar-refractivity contribution in [3.05, 3.63) is 47.5 Å². The molecule has 0 aliphatic carbocycles. The highest BCUT2D eigenvalue weighted by atomic mass is 19.1. The maximum Gasteiger partial charge on any atom is 0.326 e. The van der Waals surface area contributed by atoms with E-state index in [2.05, 4.69) is 37.1 Å². The molecule has 0 bridgehead atoms. The Hall–Kier alpha value is -3.73. The van der Waals surface area contributed by atoms with Gasteiger partial charge in [-0.15, -0.1) is 0 Å². The Kier molecular flexibility index (Phi) is 6.64. The van der Waals surface area contributed by atoms with Crippen molar-refractivity contribution in [3.63, 3.8) is 0 Å². The molecule has 0 radical (unpaired) electrons. The minimum Gasteiger partial charge on any atom is -0.429 e. The number of H-pyrrole nitrogens is 1. The van der Waals surface area contributed by atoms with Crippen LogP contribution in [0.15, 0.2) is 28.8 Å². The highest BCUT2D eigenvalue weighted by Crippen LogP contribution is 2.33. The second kappa shape index (κ2) is 9.64. The average molecular weight is 472 g/mol. The van der Waals surface area contributed by atoms with E-state index in [1.54, 1.807) is 32.2 Å². The lowest BCUT2D eigenvalue weighted by Gasteiger charge is -2.22. The van der Waals surface area contributed by atoms with E-state index in [0.29, 0.717) is 35.2 Å². The van der Waals surface area contributed by atoms with Crippen LogP contribution in [0.3, 0.4) is 0 Å². The maximum atomic E-state index is 15.1. The summed E-state index contributed by atoms with van der Waals surface area (Å²) in [4.78, 5) is 19.7. The first-order valence-corrected chi connectivity index (χ1v) is 10.9. The number of fused-ring (bicyclic) bond motifs is 1. The van der Waals surface area contributed by atoms with Crippen LogP contribution in [-0.4, -0.2) is 58.6 Å². The van der Waals surface area contributed by atoms with Crippen molar-refractivity contribution in [2.24, 2.45) is 0 Å². The molecule has 0 spiro atoms. The van der Waals surface area contributed by atoms with Gasteiger partial charge in [0.25, 0.3) is 6.01 Å². The number of nitrogens with zero attached hydrogens (tertiary/aromatic N) is 5. The van der Waals surface area contributed by atoms with Gasteiger partial charge >= 0.3 is 6.01 Å². The molecule has 1 aromatic carbocycles. The fourth-order valence-corrected chi connectivity index (χ4v) is 3.34. The third-order valence-electron chi connectivity index (χ3n) is 5.40. The van der Waals surface area contributed by atoms with Crippen LogP contribution in [0.2, 0.25) is 0 Å². The summed E-state index contributed by atoms with van der Waals surface area (Å²) in [6.45, 7) is 7.96. The van der Waals surface area contributed by atoms with Crippen molar-refractivity contribution in [1.82, 2.24) is 24.8 Å². The van der Waals surface area contributed by atoms with Gasteiger partial charge < -0.3 is 23.9 Å². The molecule has 0 aliphatic heterocycles. The quantitative estimate of drug-likeness (QED) is 0.361. The fraction of sp³-hybridized carbons (Fsp3) is 0.348. The molecule has 4 aromatic rings. The molecule has 0 unspecified atom stereocenters. The SMILES string of the molecule is CCN(C)CCN(C)c1cc(Nc2ncc(C)o2)nc(Oc2c(F)cc3[nH]c(C)cc3c2F)n1. The first-order valence-electron chi connectivity index (χ1n) is 10.9. The fourth-order valence-electron chi connectivity index (χ4n) is 3.34. The van der Waals surface area contributed by atoms with Gasteiger partial charge in [-0.2, -0.15) is 9.97 Å². The second-order valence-corrected chi connectivity index (χ2v) is 8.13. The monoisotopic (exact) mass is 471 g/mol. The maximum absolute atomic E-state index is 15.1. The van der Waals surface area contributed by atoms with Crippen molar-refractivity contribution in [2.75, 3.05) is 43.9 Å². The van der Waals surface area contributed by atoms with Gasteiger partial charge in [-0.25, -0.2) is 13.8 Å². The number of benzene rings is 1. The van der Waals surface area contributed by atoms with Gasteiger partial charge in [-0.3, -0.25) is 5.32 Å². The average Bonchev–Trinajstić information content (AvgIpc) is 3.38. The molecule has 0 fully saturated rings. The third kappa shape index (κ3) is 5.09. The highest BCUT2D eigenvalue weighted by molar-refractivity contribution is 5.83. The van der Waals surface area contributed by atoms with Gasteiger partial charge in [-0.1, -0.05) is 6.92 Å². The molecule has 3 heterocycles. The summed E-state index contributed by atoms with van der Waals surface area (Å²) in [7, 11) is 3.88. The van der Waals surface area contributed by atoms with E-state index in [9.17, 15) is 4.39 Å². The first-order chi connectivity index (χ1) is 16.2. The number of hydrogen-bond acceptors (Lipinski definition) is 8. The number of halogens is 2. The number of aromatic amines is 1. The molecule has 34 heavy (non-hydrogen) atoms. The molecule has 2 N–H and O–H groups in total. The van der Waals surface area contributed by atoms with Gasteiger partial charge in [0, 0.05) is 43.4 Å². The van der Waals surface area contributed by atoms with Crippen LogP contribution in [0.25, 0.3) is 10.9 Å². The van der Waals surface area contributed by atoms with Crippen molar-refractivity contribution in [1.29, 1.82) is 0 Å². The number of ether oxygens (including phenoxy) is 1. The van der Waals surface area contributed by atoms with E-state index in [1.165, 1.54) is 6.07 Å². The van der Waals surface area contributed by atoms with Crippen LogP contribution in [-0.2, 0) is 0 Å². The summed E-state index contributed by atoms with van der Waals surface area (Å²) in [6, 6.07) is 4.46. The molecule has 180 valence electrons. The number of oxazole rings is 1. The number of aryl methyl sites for hydroxylation is 2. The zero-order chi connectivity index (χ0) is 24.4. The molecule has 0 saturated heterocycles. The number of rotatable bonds is 9. The van der Waals surface area contributed by atoms with E-state index in [0.717, 1.165) is 13.1 Å². The minimum absolute atomic E-state index is 0.219. The van der Waals surface area contributed by atoms with Crippen molar-refractivity contribution >= 4 is 28.6 Å². The molecular formula is C23H27F2N7O2. The Morgan fingerprint density at radius 1 is 1.12 bits per heavy atom. The van der Waals surface area contributed by atoms with E-state index < -0.39 is 17.4 Å². The number of nitrogens with one attached hydrogen (secondary N) is 2. The van der Waals surface area contributed by atoms with Crippen LogP contribution in [0.1, 0.15) is 18.4 Å². The van der Waals surface area contributed by atoms with Crippen molar-refractivity contribution in [2.45, 2.75) is 20.8 Å². The molecule has 4 rings (SSSR count). The lowest BCUT2D eigenvalue weighted by Crippen LogP contribution is -2.31. The van der Waals surface area contributed by atoms with E-state index >= 15 is 4.39 Å². The lowest BCUT2D eigenvalue weighted by molar-refractivity contribution is 0.359. The minimum atomic E-state index is -0.864. The molecule has 9 nitrogen and oxygen atoms in total. The van der Waals surface area contributed by atoms with Gasteiger partial charge in [-0.05, 0) is 33.5 Å². The summed E-state index contributed by atoms with van der Waals surface area (Å²) >= 11 is 0. The number of aromatic nitrogens is 4. The number of likely N-dealkylation sites (N-methyl/N-ethyl adjacent to an activating group) is 2. The summed E-state index contributed by atoms with van der Waals surface area (Å²) in [5.41, 5.74) is 1.05. The van der Waals surface area contributed by atoms with Crippen LogP contribution in [0, 0.1) is 25.5 Å². The summed E-state index contributed by atoms with van der Waals surface area (Å²) in [5, 5.41) is 3.17. The molecule has 0 atom stereocenters. The molecule has 11 heteroatoms. The van der Waals surface area contributed by atoms with E-state index in [-0.39, 0.29) is 17.4 Å². The van der Waals surface area contributed by atoms with Crippen LogP contribution in [0.4, 0.5) is 26.4 Å². The number of anilines is 3. The molecule has 3 aromatic heterocycles. The van der Waals surface area contributed by atoms with Gasteiger partial charge in [0.15, 0.2) is 11.6 Å². The van der Waals surface area contributed by atoms with E-state index in [4.69, 9.17) is 9.15 Å². The highest BCUT2D eigenvalue weighted by Gasteiger charge is 2.20. The zero-order valence-corrected chi connectivity index (χ0v) is 19.7. The predicted molar refractivity (Wildman–Crippen MR) is 126 cm³/mol. The third-order valence-corrected chi connectivity index (χ3v) is 5.40. The lowest BCUT2D eigenvalue weighted by atomic mass is 10.2. The Balaban J connectivity index is 1.69.